The summed E-state index contributed by atoms with van der Waals surface area (Å²) >= 11 is 0. The molecule has 0 aromatic carbocycles. The van der Waals surface area contributed by atoms with Gasteiger partial charge < -0.3 is 5.32 Å². The third-order valence-electron chi connectivity index (χ3n) is 2.88. The number of H-pyrrole nitrogens is 1. The van der Waals surface area contributed by atoms with Crippen LogP contribution in [0.5, 0.6) is 0 Å². The fourth-order valence-corrected chi connectivity index (χ4v) is 1.76. The molecule has 3 aromatic heterocycles. The van der Waals surface area contributed by atoms with Gasteiger partial charge in [0.15, 0.2) is 5.65 Å². The molecule has 0 bridgehead atoms. The summed E-state index contributed by atoms with van der Waals surface area (Å²) in [6.45, 7) is 2.63. The summed E-state index contributed by atoms with van der Waals surface area (Å²) in [6.07, 6.45) is 3.57. The predicted molar refractivity (Wildman–Crippen MR) is 69.9 cm³/mol. The molecule has 0 spiro atoms. The van der Waals surface area contributed by atoms with Crippen LogP contribution < -0.4 is 11.0 Å². The quantitative estimate of drug-likeness (QED) is 0.721. The molecule has 3 aromatic rings. The highest BCUT2D eigenvalue weighted by Crippen LogP contribution is 2.09. The van der Waals surface area contributed by atoms with Gasteiger partial charge in [0.05, 0.1) is 0 Å². The maximum atomic E-state index is 11.4. The molecule has 0 unspecified atom stereocenters. The molecular formula is C12H12N6O. The maximum absolute atomic E-state index is 11.4. The van der Waals surface area contributed by atoms with Crippen LogP contribution in [0.1, 0.15) is 11.1 Å². The number of pyridine rings is 1. The molecule has 0 aliphatic carbocycles. The van der Waals surface area contributed by atoms with E-state index < -0.39 is 0 Å². The van der Waals surface area contributed by atoms with Gasteiger partial charge in [-0.25, -0.2) is 9.89 Å². The topological polar surface area (TPSA) is 88.0 Å². The minimum atomic E-state index is -0.351. The van der Waals surface area contributed by atoms with E-state index in [1.807, 2.05) is 19.2 Å². The van der Waals surface area contributed by atoms with Crippen molar-refractivity contribution >= 4 is 11.5 Å². The highest BCUT2D eigenvalue weighted by molar-refractivity contribution is 5.43. The fraction of sp³-hybridized carbons (Fsp3) is 0.167. The molecule has 0 fully saturated rings. The van der Waals surface area contributed by atoms with Crippen LogP contribution in [0, 0.1) is 6.92 Å². The van der Waals surface area contributed by atoms with E-state index in [0.717, 1.165) is 11.1 Å². The molecule has 0 radical (unpaired) electrons. The molecule has 0 amide bonds. The van der Waals surface area contributed by atoms with Gasteiger partial charge in [-0.05, 0) is 36.2 Å². The molecule has 0 saturated carbocycles. The Balaban J connectivity index is 1.84. The third kappa shape index (κ3) is 2.17. The van der Waals surface area contributed by atoms with Gasteiger partial charge in [0.25, 0.3) is 0 Å². The molecule has 3 heterocycles. The highest BCUT2D eigenvalue weighted by atomic mass is 16.2. The van der Waals surface area contributed by atoms with Crippen molar-refractivity contribution in [1.82, 2.24) is 24.8 Å². The van der Waals surface area contributed by atoms with Crippen LogP contribution in [0.15, 0.2) is 35.4 Å². The lowest BCUT2D eigenvalue weighted by atomic mass is 10.1. The summed E-state index contributed by atoms with van der Waals surface area (Å²) in [5.41, 5.74) is 2.39. The summed E-state index contributed by atoms with van der Waals surface area (Å²) in [5, 5.41) is 13.5. The molecule has 2 N–H and O–H groups in total. The van der Waals surface area contributed by atoms with Crippen LogP contribution in [0.3, 0.4) is 0 Å². The first-order chi connectivity index (χ1) is 9.24. The van der Waals surface area contributed by atoms with Gasteiger partial charge in [-0.3, -0.25) is 4.98 Å². The molecule has 7 heteroatoms. The van der Waals surface area contributed by atoms with Gasteiger partial charge in [-0.15, -0.1) is 5.10 Å². The van der Waals surface area contributed by atoms with Gasteiger partial charge in [0, 0.05) is 18.9 Å². The molecule has 0 atom stereocenters. The Morgan fingerprint density at radius 2 is 2.26 bits per heavy atom. The van der Waals surface area contributed by atoms with E-state index >= 15 is 0 Å². The molecule has 96 valence electrons. The van der Waals surface area contributed by atoms with Crippen molar-refractivity contribution in [1.29, 1.82) is 0 Å². The number of aromatic nitrogens is 5. The van der Waals surface area contributed by atoms with Crippen molar-refractivity contribution in [2.75, 3.05) is 5.32 Å². The Hall–Kier alpha value is -2.70. The molecule has 0 saturated heterocycles. The van der Waals surface area contributed by atoms with E-state index in [-0.39, 0.29) is 5.69 Å². The number of nitrogens with one attached hydrogen (secondary N) is 2. The van der Waals surface area contributed by atoms with Crippen molar-refractivity contribution in [2.45, 2.75) is 13.5 Å². The second-order valence-electron chi connectivity index (χ2n) is 4.17. The minimum absolute atomic E-state index is 0.351. The van der Waals surface area contributed by atoms with Crippen LogP contribution in [0.4, 0.5) is 5.82 Å². The van der Waals surface area contributed by atoms with Crippen LogP contribution in [-0.2, 0) is 6.54 Å². The number of hydrogen-bond donors (Lipinski definition) is 2. The zero-order valence-electron chi connectivity index (χ0n) is 10.3. The molecule has 0 aliphatic rings. The zero-order valence-corrected chi connectivity index (χ0v) is 10.3. The number of fused-ring (bicyclic) bond motifs is 1. The number of anilines is 1. The first-order valence-electron chi connectivity index (χ1n) is 5.82. The maximum Gasteiger partial charge on any atom is 0.364 e. The van der Waals surface area contributed by atoms with Gasteiger partial charge >= 0.3 is 5.69 Å². The second-order valence-corrected chi connectivity index (χ2v) is 4.17. The lowest BCUT2D eigenvalue weighted by Gasteiger charge is -2.07. The largest absolute Gasteiger partial charge is 0.364 e. The number of nitrogens with zero attached hydrogens (tertiary/aromatic N) is 4. The summed E-state index contributed by atoms with van der Waals surface area (Å²) in [7, 11) is 0. The summed E-state index contributed by atoms with van der Waals surface area (Å²) in [5.74, 6) is 0.610. The van der Waals surface area contributed by atoms with Crippen molar-refractivity contribution in [3.8, 4) is 0 Å². The van der Waals surface area contributed by atoms with Crippen LogP contribution in [-0.4, -0.2) is 24.8 Å². The average Bonchev–Trinajstić information content (AvgIpc) is 2.79. The molecular weight excluding hydrogens is 244 g/mol. The Morgan fingerprint density at radius 1 is 1.37 bits per heavy atom. The monoisotopic (exact) mass is 256 g/mol. The second kappa shape index (κ2) is 4.52. The summed E-state index contributed by atoms with van der Waals surface area (Å²) in [6, 6.07) is 5.46. The molecule has 3 rings (SSSR count). The number of aryl methyl sites for hydroxylation is 1. The fourth-order valence-electron chi connectivity index (χ4n) is 1.76. The van der Waals surface area contributed by atoms with Crippen molar-refractivity contribution < 1.29 is 0 Å². The Bertz CT molecular complexity index is 775. The van der Waals surface area contributed by atoms with Gasteiger partial charge in [0.1, 0.15) is 5.82 Å². The van der Waals surface area contributed by atoms with Crippen molar-refractivity contribution in [3.05, 3.63) is 52.2 Å². The Morgan fingerprint density at radius 3 is 3.11 bits per heavy atom. The molecule has 7 nitrogen and oxygen atoms in total. The van der Waals surface area contributed by atoms with E-state index in [4.69, 9.17) is 0 Å². The van der Waals surface area contributed by atoms with Gasteiger partial charge in [-0.1, -0.05) is 0 Å². The standard InChI is InChI=1S/C12H12N6O/c1-8-4-5-13-6-9(8)7-14-10-2-3-11-15-16-12(19)18(11)17-10/h2-6H,7H2,1H3,(H,14,17)(H,16,19). The third-order valence-corrected chi connectivity index (χ3v) is 2.88. The van der Waals surface area contributed by atoms with Gasteiger partial charge in [0.2, 0.25) is 0 Å². The van der Waals surface area contributed by atoms with E-state index in [0.29, 0.717) is 18.0 Å². The Kier molecular flexibility index (Phi) is 2.71. The highest BCUT2D eigenvalue weighted by Gasteiger charge is 2.03. The Labute approximate surface area is 108 Å². The molecule has 19 heavy (non-hydrogen) atoms. The first-order valence-corrected chi connectivity index (χ1v) is 5.82. The van der Waals surface area contributed by atoms with E-state index in [2.05, 4.69) is 25.6 Å². The number of rotatable bonds is 3. The number of hydrogen-bond acceptors (Lipinski definition) is 5. The zero-order chi connectivity index (χ0) is 13.2. The van der Waals surface area contributed by atoms with E-state index in [9.17, 15) is 4.79 Å². The van der Waals surface area contributed by atoms with Gasteiger partial charge in [-0.2, -0.15) is 9.61 Å². The first kappa shape index (κ1) is 11.4. The van der Waals surface area contributed by atoms with Crippen molar-refractivity contribution in [2.24, 2.45) is 0 Å². The SMILES string of the molecule is Cc1ccncc1CNc1ccc2n[nH]c(=O)n2n1. The van der Waals surface area contributed by atoms with Crippen LogP contribution in [0.2, 0.25) is 0 Å². The van der Waals surface area contributed by atoms with Crippen LogP contribution in [0.25, 0.3) is 5.65 Å². The smallest absolute Gasteiger partial charge is 0.364 e. The van der Waals surface area contributed by atoms with Crippen LogP contribution >= 0.6 is 0 Å². The van der Waals surface area contributed by atoms with Crippen molar-refractivity contribution in [3.63, 3.8) is 0 Å². The normalized spacial score (nSPS) is 10.8. The van der Waals surface area contributed by atoms with E-state index in [1.165, 1.54) is 4.52 Å². The lowest BCUT2D eigenvalue weighted by molar-refractivity contribution is 0.874. The lowest BCUT2D eigenvalue weighted by Crippen LogP contribution is -2.14. The van der Waals surface area contributed by atoms with E-state index in [1.54, 1.807) is 18.3 Å². The average molecular weight is 256 g/mol. The number of aromatic amines is 1. The summed E-state index contributed by atoms with van der Waals surface area (Å²) < 4.78 is 1.22. The molecule has 0 aliphatic heterocycles. The summed E-state index contributed by atoms with van der Waals surface area (Å²) in [4.78, 5) is 15.5. The minimum Gasteiger partial charge on any atom is -0.364 e. The predicted octanol–water partition coefficient (Wildman–Crippen LogP) is 0.733.